The van der Waals surface area contributed by atoms with Gasteiger partial charge in [0.05, 0.1) is 0 Å². The molecule has 0 unspecified atom stereocenters. The molecule has 0 radical (unpaired) electrons. The van der Waals surface area contributed by atoms with Crippen LogP contribution in [0.4, 0.5) is 5.69 Å². The van der Waals surface area contributed by atoms with Crippen LogP contribution in [0.15, 0.2) is 48.5 Å². The quantitative estimate of drug-likeness (QED) is 0.839. The monoisotopic (exact) mass is 267 g/mol. The van der Waals surface area contributed by atoms with E-state index in [1.165, 1.54) is 16.7 Å². The predicted octanol–water partition coefficient (Wildman–Crippen LogP) is 2.34. The highest BCUT2D eigenvalue weighted by Gasteiger charge is 2.12. The van der Waals surface area contributed by atoms with Gasteiger partial charge in [-0.05, 0) is 28.8 Å². The van der Waals surface area contributed by atoms with Crippen molar-refractivity contribution < 1.29 is 0 Å². The number of nitrogens with one attached hydrogen (secondary N) is 1. The lowest BCUT2D eigenvalue weighted by molar-refractivity contribution is 0.233. The summed E-state index contributed by atoms with van der Waals surface area (Å²) in [5, 5.41) is 3.40. The molecule has 3 nitrogen and oxygen atoms in total. The van der Waals surface area contributed by atoms with Gasteiger partial charge >= 0.3 is 0 Å². The molecule has 0 atom stereocenters. The Kier molecular flexibility index (Phi) is 4.00. The maximum atomic E-state index is 5.78. The summed E-state index contributed by atoms with van der Waals surface area (Å²) in [4.78, 5) is 2.51. The lowest BCUT2D eigenvalue weighted by Gasteiger charge is -2.28. The van der Waals surface area contributed by atoms with Gasteiger partial charge in [-0.1, -0.05) is 36.4 Å². The van der Waals surface area contributed by atoms with Gasteiger partial charge in [-0.25, -0.2) is 0 Å². The van der Waals surface area contributed by atoms with Crippen molar-refractivity contribution in [2.45, 2.75) is 6.54 Å². The molecule has 0 amide bonds. The summed E-state index contributed by atoms with van der Waals surface area (Å²) >= 11 is 0. The average molecular weight is 267 g/mol. The fourth-order valence-electron chi connectivity index (χ4n) is 2.71. The molecule has 20 heavy (non-hydrogen) atoms. The Bertz CT molecular complexity index is 557. The minimum Gasteiger partial charge on any atom is -0.399 e. The zero-order valence-corrected chi connectivity index (χ0v) is 11.7. The zero-order chi connectivity index (χ0) is 13.8. The van der Waals surface area contributed by atoms with E-state index in [0.717, 1.165) is 38.4 Å². The van der Waals surface area contributed by atoms with Crippen molar-refractivity contribution in [1.29, 1.82) is 0 Å². The molecule has 3 rings (SSSR count). The van der Waals surface area contributed by atoms with Crippen LogP contribution in [0.3, 0.4) is 0 Å². The number of nitrogen functional groups attached to an aromatic ring is 1. The van der Waals surface area contributed by atoms with Gasteiger partial charge in [-0.3, -0.25) is 4.90 Å². The minimum atomic E-state index is 0.813. The van der Waals surface area contributed by atoms with Gasteiger partial charge < -0.3 is 11.1 Å². The minimum absolute atomic E-state index is 0.813. The number of piperazine rings is 1. The lowest BCUT2D eigenvalue weighted by atomic mass is 9.99. The Labute approximate surface area is 120 Å². The van der Waals surface area contributed by atoms with Crippen molar-refractivity contribution in [3.05, 3.63) is 54.1 Å². The van der Waals surface area contributed by atoms with Crippen LogP contribution in [0.2, 0.25) is 0 Å². The molecule has 3 N–H and O–H groups in total. The van der Waals surface area contributed by atoms with E-state index in [-0.39, 0.29) is 0 Å². The van der Waals surface area contributed by atoms with Gasteiger partial charge in [-0.2, -0.15) is 0 Å². The van der Waals surface area contributed by atoms with Crippen LogP contribution in [-0.2, 0) is 6.54 Å². The molecule has 1 heterocycles. The number of hydrogen-bond acceptors (Lipinski definition) is 3. The summed E-state index contributed by atoms with van der Waals surface area (Å²) in [6.45, 7) is 5.43. The third kappa shape index (κ3) is 3.00. The number of anilines is 1. The second-order valence-corrected chi connectivity index (χ2v) is 5.31. The van der Waals surface area contributed by atoms with Gasteiger partial charge in [0.1, 0.15) is 0 Å². The average Bonchev–Trinajstić information content (AvgIpc) is 2.50. The summed E-state index contributed by atoms with van der Waals surface area (Å²) in [6.07, 6.45) is 0. The van der Waals surface area contributed by atoms with Crippen molar-refractivity contribution in [2.75, 3.05) is 31.9 Å². The second kappa shape index (κ2) is 6.07. The predicted molar refractivity (Wildman–Crippen MR) is 84.4 cm³/mol. The summed E-state index contributed by atoms with van der Waals surface area (Å²) in [6, 6.07) is 16.8. The Morgan fingerprint density at radius 3 is 2.40 bits per heavy atom. The topological polar surface area (TPSA) is 41.3 Å². The van der Waals surface area contributed by atoms with Gasteiger partial charge in [-0.15, -0.1) is 0 Å². The highest BCUT2D eigenvalue weighted by atomic mass is 15.2. The van der Waals surface area contributed by atoms with E-state index in [1.54, 1.807) is 0 Å². The van der Waals surface area contributed by atoms with E-state index in [1.807, 2.05) is 12.1 Å². The van der Waals surface area contributed by atoms with E-state index >= 15 is 0 Å². The Balaban J connectivity index is 1.85. The molecule has 0 spiro atoms. The number of benzene rings is 2. The number of nitrogens with two attached hydrogens (primary N) is 1. The molecule has 1 aliphatic rings. The van der Waals surface area contributed by atoms with Gasteiger partial charge in [0.25, 0.3) is 0 Å². The summed E-state index contributed by atoms with van der Waals surface area (Å²) in [7, 11) is 0. The number of rotatable bonds is 3. The van der Waals surface area contributed by atoms with Crippen molar-refractivity contribution in [1.82, 2.24) is 10.2 Å². The van der Waals surface area contributed by atoms with E-state index in [4.69, 9.17) is 5.73 Å². The Morgan fingerprint density at radius 2 is 1.65 bits per heavy atom. The van der Waals surface area contributed by atoms with Crippen LogP contribution in [0.1, 0.15) is 5.56 Å². The molecule has 1 fully saturated rings. The van der Waals surface area contributed by atoms with E-state index < -0.39 is 0 Å². The van der Waals surface area contributed by atoms with Crippen LogP contribution in [0, 0.1) is 0 Å². The van der Waals surface area contributed by atoms with Crippen molar-refractivity contribution in [2.24, 2.45) is 0 Å². The van der Waals surface area contributed by atoms with Gasteiger partial charge in [0.15, 0.2) is 0 Å². The smallest absolute Gasteiger partial charge is 0.0314 e. The van der Waals surface area contributed by atoms with Gasteiger partial charge in [0, 0.05) is 38.4 Å². The van der Waals surface area contributed by atoms with Crippen LogP contribution >= 0.6 is 0 Å². The Morgan fingerprint density at radius 1 is 0.950 bits per heavy atom. The first-order valence-corrected chi connectivity index (χ1v) is 7.20. The second-order valence-electron chi connectivity index (χ2n) is 5.31. The molecule has 104 valence electrons. The molecule has 1 saturated heterocycles. The fraction of sp³-hybridized carbons (Fsp3) is 0.294. The first-order valence-electron chi connectivity index (χ1n) is 7.20. The first kappa shape index (κ1) is 13.2. The highest BCUT2D eigenvalue weighted by molar-refractivity contribution is 5.68. The molecule has 1 aliphatic heterocycles. The SMILES string of the molecule is Nc1ccc(-c2ccccc2CN2CCNCC2)cc1. The van der Waals surface area contributed by atoms with E-state index in [2.05, 4.69) is 46.6 Å². The van der Waals surface area contributed by atoms with Crippen LogP contribution in [0.25, 0.3) is 11.1 Å². The van der Waals surface area contributed by atoms with E-state index in [0.29, 0.717) is 0 Å². The largest absolute Gasteiger partial charge is 0.399 e. The standard InChI is InChI=1S/C17H21N3/c18-16-7-5-14(6-8-16)17-4-2-1-3-15(17)13-20-11-9-19-10-12-20/h1-8,19H,9-13,18H2. The Hall–Kier alpha value is -1.84. The number of hydrogen-bond donors (Lipinski definition) is 2. The van der Waals surface area contributed by atoms with Crippen molar-refractivity contribution >= 4 is 5.69 Å². The maximum absolute atomic E-state index is 5.78. The fourth-order valence-corrected chi connectivity index (χ4v) is 2.71. The molecule has 3 heteroatoms. The highest BCUT2D eigenvalue weighted by Crippen LogP contribution is 2.25. The lowest BCUT2D eigenvalue weighted by Crippen LogP contribution is -2.42. The molecule has 0 saturated carbocycles. The van der Waals surface area contributed by atoms with Crippen LogP contribution in [-0.4, -0.2) is 31.1 Å². The summed E-state index contributed by atoms with van der Waals surface area (Å²) in [5.74, 6) is 0. The van der Waals surface area contributed by atoms with Crippen LogP contribution in [0.5, 0.6) is 0 Å². The van der Waals surface area contributed by atoms with Crippen molar-refractivity contribution in [3.8, 4) is 11.1 Å². The molecule has 0 bridgehead atoms. The molecule has 2 aromatic carbocycles. The third-order valence-corrected chi connectivity index (χ3v) is 3.84. The third-order valence-electron chi connectivity index (χ3n) is 3.84. The molecule has 0 aromatic heterocycles. The number of nitrogens with zero attached hydrogens (tertiary/aromatic N) is 1. The van der Waals surface area contributed by atoms with Gasteiger partial charge in [0.2, 0.25) is 0 Å². The zero-order valence-electron chi connectivity index (χ0n) is 11.7. The molecular formula is C17H21N3. The molecule has 0 aliphatic carbocycles. The van der Waals surface area contributed by atoms with Crippen LogP contribution < -0.4 is 11.1 Å². The summed E-state index contributed by atoms with van der Waals surface area (Å²) < 4.78 is 0. The first-order chi connectivity index (χ1) is 9.83. The molecule has 2 aromatic rings. The molecular weight excluding hydrogens is 246 g/mol. The summed E-state index contributed by atoms with van der Waals surface area (Å²) in [5.41, 5.74) is 10.5. The maximum Gasteiger partial charge on any atom is 0.0314 e. The van der Waals surface area contributed by atoms with Crippen molar-refractivity contribution in [3.63, 3.8) is 0 Å². The normalized spacial score (nSPS) is 16.2. The van der Waals surface area contributed by atoms with E-state index in [9.17, 15) is 0 Å².